The fraction of sp³-hybridized carbons (Fsp3) is 0.0769. The zero-order chi connectivity index (χ0) is 11.7. The summed E-state index contributed by atoms with van der Waals surface area (Å²) in [6.07, 6.45) is 0. The summed E-state index contributed by atoms with van der Waals surface area (Å²) in [7, 11) is 0. The fourth-order valence-electron chi connectivity index (χ4n) is 1.69. The highest BCUT2D eigenvalue weighted by Gasteiger charge is 2.06. The van der Waals surface area contributed by atoms with E-state index >= 15 is 0 Å². The summed E-state index contributed by atoms with van der Waals surface area (Å²) < 4.78 is 14.5. The van der Waals surface area contributed by atoms with Crippen molar-refractivity contribution in [1.82, 2.24) is 0 Å². The smallest absolute Gasteiger partial charge is 0.131 e. The van der Waals surface area contributed by atoms with Crippen molar-refractivity contribution < 1.29 is 4.39 Å². The van der Waals surface area contributed by atoms with Gasteiger partial charge in [-0.25, -0.2) is 4.39 Å². The first-order valence-corrected chi connectivity index (χ1v) is 5.68. The molecule has 0 saturated heterocycles. The topological polar surface area (TPSA) is 26.0 Å². The van der Waals surface area contributed by atoms with Gasteiger partial charge in [0.05, 0.1) is 0 Å². The normalized spacial score (nSPS) is 10.4. The molecule has 0 aliphatic heterocycles. The lowest BCUT2D eigenvalue weighted by molar-refractivity contribution is 0.631. The Morgan fingerprint density at radius 2 is 1.88 bits per heavy atom. The van der Waals surface area contributed by atoms with Gasteiger partial charge in [0.1, 0.15) is 5.82 Å². The Morgan fingerprint density at radius 3 is 2.56 bits per heavy atom. The third-order valence-corrected chi connectivity index (χ3v) is 2.83. The van der Waals surface area contributed by atoms with Gasteiger partial charge in [-0.15, -0.1) is 0 Å². The monoisotopic (exact) mass is 279 g/mol. The molecule has 82 valence electrons. The summed E-state index contributed by atoms with van der Waals surface area (Å²) in [6, 6.07) is 10.4. The van der Waals surface area contributed by atoms with Gasteiger partial charge in [-0.1, -0.05) is 22.0 Å². The number of benzene rings is 2. The molecule has 0 aliphatic carbocycles. The minimum Gasteiger partial charge on any atom is -0.399 e. The molecule has 0 fully saturated rings. The van der Waals surface area contributed by atoms with Gasteiger partial charge in [0.15, 0.2) is 0 Å². The van der Waals surface area contributed by atoms with Crippen molar-refractivity contribution in [3.8, 4) is 11.1 Å². The predicted molar refractivity (Wildman–Crippen MR) is 68.7 cm³/mol. The maximum Gasteiger partial charge on any atom is 0.131 e. The summed E-state index contributed by atoms with van der Waals surface area (Å²) in [5.41, 5.74) is 8.78. The number of nitrogens with two attached hydrogens (primary N) is 1. The van der Waals surface area contributed by atoms with Crippen molar-refractivity contribution in [1.29, 1.82) is 0 Å². The Balaban J connectivity index is 2.62. The summed E-state index contributed by atoms with van der Waals surface area (Å²) in [5, 5.41) is 0. The first-order valence-electron chi connectivity index (χ1n) is 4.89. The third kappa shape index (κ3) is 2.25. The second kappa shape index (κ2) is 4.26. The average Bonchev–Trinajstić information content (AvgIpc) is 2.20. The Morgan fingerprint density at radius 1 is 1.12 bits per heavy atom. The highest BCUT2D eigenvalue weighted by molar-refractivity contribution is 9.10. The van der Waals surface area contributed by atoms with Crippen LogP contribution in [-0.4, -0.2) is 0 Å². The van der Waals surface area contributed by atoms with Crippen LogP contribution in [0.25, 0.3) is 11.1 Å². The van der Waals surface area contributed by atoms with E-state index in [-0.39, 0.29) is 5.82 Å². The summed E-state index contributed by atoms with van der Waals surface area (Å²) in [5.74, 6) is -0.242. The van der Waals surface area contributed by atoms with Crippen molar-refractivity contribution in [2.45, 2.75) is 6.92 Å². The van der Waals surface area contributed by atoms with Crippen LogP contribution < -0.4 is 5.73 Å². The lowest BCUT2D eigenvalue weighted by Gasteiger charge is -2.07. The molecule has 0 aliphatic rings. The summed E-state index contributed by atoms with van der Waals surface area (Å²) in [6.45, 7) is 1.94. The van der Waals surface area contributed by atoms with Crippen LogP contribution in [0.5, 0.6) is 0 Å². The Kier molecular flexibility index (Phi) is 2.97. The Hall–Kier alpha value is -1.35. The molecule has 0 bridgehead atoms. The first-order chi connectivity index (χ1) is 7.56. The standard InChI is InChI=1S/C13H11BrFN/c1-8-4-9(6-11(16)5-8)12-7-10(14)2-3-13(12)15/h2-7H,16H2,1H3. The molecule has 2 rings (SSSR count). The lowest BCUT2D eigenvalue weighted by Crippen LogP contribution is -1.90. The number of hydrogen-bond acceptors (Lipinski definition) is 1. The van der Waals surface area contributed by atoms with E-state index in [9.17, 15) is 4.39 Å². The molecule has 1 nitrogen and oxygen atoms in total. The molecular formula is C13H11BrFN. The molecule has 0 unspecified atom stereocenters. The minimum atomic E-state index is -0.242. The second-order valence-electron chi connectivity index (χ2n) is 3.76. The molecule has 0 heterocycles. The van der Waals surface area contributed by atoms with Crippen LogP contribution in [0.1, 0.15) is 5.56 Å². The van der Waals surface area contributed by atoms with Gasteiger partial charge in [-0.05, 0) is 48.4 Å². The molecule has 0 atom stereocenters. The van der Waals surface area contributed by atoms with E-state index in [1.807, 2.05) is 19.1 Å². The Bertz CT molecular complexity index is 517. The van der Waals surface area contributed by atoms with Crippen LogP contribution in [0.3, 0.4) is 0 Å². The molecule has 2 N–H and O–H groups in total. The van der Waals surface area contributed by atoms with E-state index in [2.05, 4.69) is 15.9 Å². The number of halogens is 2. The maximum absolute atomic E-state index is 13.7. The number of aryl methyl sites for hydroxylation is 1. The quantitative estimate of drug-likeness (QED) is 0.780. The zero-order valence-electron chi connectivity index (χ0n) is 8.80. The van der Waals surface area contributed by atoms with Crippen LogP contribution in [0.15, 0.2) is 40.9 Å². The number of nitrogen functional groups attached to an aromatic ring is 1. The second-order valence-corrected chi connectivity index (χ2v) is 4.67. The Labute approximate surface area is 102 Å². The van der Waals surface area contributed by atoms with Crippen molar-refractivity contribution in [2.24, 2.45) is 0 Å². The average molecular weight is 280 g/mol. The largest absolute Gasteiger partial charge is 0.399 e. The van der Waals surface area contributed by atoms with Crippen molar-refractivity contribution in [3.63, 3.8) is 0 Å². The molecule has 0 aromatic heterocycles. The van der Waals surface area contributed by atoms with Gasteiger partial charge < -0.3 is 5.73 Å². The fourth-order valence-corrected chi connectivity index (χ4v) is 2.05. The highest BCUT2D eigenvalue weighted by atomic mass is 79.9. The number of anilines is 1. The molecule has 0 spiro atoms. The van der Waals surface area contributed by atoms with E-state index in [0.717, 1.165) is 15.6 Å². The first kappa shape index (κ1) is 11.1. The van der Waals surface area contributed by atoms with Gasteiger partial charge in [-0.3, -0.25) is 0 Å². The van der Waals surface area contributed by atoms with E-state index < -0.39 is 0 Å². The highest BCUT2D eigenvalue weighted by Crippen LogP contribution is 2.28. The molecule has 16 heavy (non-hydrogen) atoms. The van der Waals surface area contributed by atoms with Gasteiger partial charge in [0.2, 0.25) is 0 Å². The van der Waals surface area contributed by atoms with E-state index in [1.54, 1.807) is 18.2 Å². The minimum absolute atomic E-state index is 0.242. The molecule has 3 heteroatoms. The predicted octanol–water partition coefficient (Wildman–Crippen LogP) is 4.15. The van der Waals surface area contributed by atoms with Crippen LogP contribution in [0.2, 0.25) is 0 Å². The molecule has 0 saturated carbocycles. The molecule has 2 aromatic carbocycles. The number of rotatable bonds is 1. The van der Waals surface area contributed by atoms with Gasteiger partial charge >= 0.3 is 0 Å². The van der Waals surface area contributed by atoms with Crippen molar-refractivity contribution >= 4 is 21.6 Å². The zero-order valence-corrected chi connectivity index (χ0v) is 10.4. The SMILES string of the molecule is Cc1cc(N)cc(-c2cc(Br)ccc2F)c1. The van der Waals surface area contributed by atoms with E-state index in [4.69, 9.17) is 5.73 Å². The summed E-state index contributed by atoms with van der Waals surface area (Å²) >= 11 is 3.33. The van der Waals surface area contributed by atoms with Gasteiger partial charge in [-0.2, -0.15) is 0 Å². The number of hydrogen-bond donors (Lipinski definition) is 1. The molecule has 0 amide bonds. The molecular weight excluding hydrogens is 269 g/mol. The molecule has 0 radical (unpaired) electrons. The van der Waals surface area contributed by atoms with Gasteiger partial charge in [0.25, 0.3) is 0 Å². The van der Waals surface area contributed by atoms with Crippen LogP contribution >= 0.6 is 15.9 Å². The summed E-state index contributed by atoms with van der Waals surface area (Å²) in [4.78, 5) is 0. The van der Waals surface area contributed by atoms with Crippen LogP contribution in [0.4, 0.5) is 10.1 Å². The molecule has 2 aromatic rings. The van der Waals surface area contributed by atoms with Crippen molar-refractivity contribution in [2.75, 3.05) is 5.73 Å². The maximum atomic E-state index is 13.7. The van der Waals surface area contributed by atoms with Gasteiger partial charge in [0, 0.05) is 15.7 Å². The van der Waals surface area contributed by atoms with Crippen LogP contribution in [0, 0.1) is 12.7 Å². The van der Waals surface area contributed by atoms with E-state index in [0.29, 0.717) is 11.3 Å². The third-order valence-electron chi connectivity index (χ3n) is 2.34. The van der Waals surface area contributed by atoms with Crippen molar-refractivity contribution in [3.05, 3.63) is 52.3 Å². The van der Waals surface area contributed by atoms with E-state index in [1.165, 1.54) is 6.07 Å². The van der Waals surface area contributed by atoms with Crippen LogP contribution in [-0.2, 0) is 0 Å². The lowest BCUT2D eigenvalue weighted by atomic mass is 10.0.